The largest absolute Gasteiger partial charge is 0.494 e. The molecule has 0 spiro atoms. The Labute approximate surface area is 517 Å². The second-order valence-electron chi connectivity index (χ2n) is 22.2. The van der Waals surface area contributed by atoms with Gasteiger partial charge in [-0.05, 0) is 136 Å². The fourth-order valence-corrected chi connectivity index (χ4v) is 9.95. The Kier molecular flexibility index (Phi) is 20.0. The molecule has 1 aliphatic heterocycles. The lowest BCUT2D eigenvalue weighted by molar-refractivity contribution is 0.00578. The zero-order valence-corrected chi connectivity index (χ0v) is 50.2. The van der Waals surface area contributed by atoms with Gasteiger partial charge in [0.05, 0.1) is 68.4 Å². The van der Waals surface area contributed by atoms with Gasteiger partial charge in [0.25, 0.3) is 11.8 Å². The van der Waals surface area contributed by atoms with Gasteiger partial charge in [-0.15, -0.1) is 20.4 Å². The van der Waals surface area contributed by atoms with Gasteiger partial charge in [0.15, 0.2) is 0 Å². The Balaban J connectivity index is 0.000000142. The van der Waals surface area contributed by atoms with E-state index in [4.69, 9.17) is 28.2 Å². The minimum Gasteiger partial charge on any atom is -0.423 e. The fourth-order valence-electron chi connectivity index (χ4n) is 9.95. The van der Waals surface area contributed by atoms with Crippen molar-refractivity contribution in [3.05, 3.63) is 218 Å². The van der Waals surface area contributed by atoms with Crippen LogP contribution in [0.2, 0.25) is 0 Å². The standard InChI is InChI=1S/C24H20F2N6O.C23H20N6O.C12H17BO2.C7H7BF2O2/c1-15-9-19(25)22(20(26)10-15)16-3-4-21-17(11-16)23(18(12-29-21)24-31-30-14-33-24)28-5-2-7-32-8-6-27-13-32;1-2-5-17(6-3-1)18-7-8-21-19(13-18)22(20(14-26-21)23-28-27-16-30-23)25-9-4-11-29-12-10-24-15-29;1-11(2)12(3,4)15-13(14-11)10-8-6-5-7-9-10;1-4-2-5(9)7(8(11)12)6(10)3-4/h3-4,6,8-14H,2,5,7H2,1H3,(H,28,29);1-3,5-8,10,12-16H,4,9,11H2,(H,25,26);5-9H,1-4H3;2-3,11-12H,1H3. The van der Waals surface area contributed by atoms with Crippen molar-refractivity contribution in [1.29, 1.82) is 0 Å². The lowest BCUT2D eigenvalue weighted by Crippen LogP contribution is -2.41. The minimum atomic E-state index is -2.11. The lowest BCUT2D eigenvalue weighted by atomic mass is 9.79. The molecular formula is C66H64B2F4N12O6. The van der Waals surface area contributed by atoms with E-state index in [0.29, 0.717) is 57.2 Å². The number of fused-ring (bicyclic) bond motifs is 2. The van der Waals surface area contributed by atoms with Crippen LogP contribution in [0.3, 0.4) is 0 Å². The maximum Gasteiger partial charge on any atom is 0.494 e. The molecule has 0 aliphatic carbocycles. The Bertz CT molecular complexity index is 4220. The maximum atomic E-state index is 14.7. The van der Waals surface area contributed by atoms with Crippen molar-refractivity contribution >= 4 is 58.3 Å². The molecule has 6 aromatic carbocycles. The third-order valence-corrected chi connectivity index (χ3v) is 15.2. The van der Waals surface area contributed by atoms with Crippen LogP contribution in [0.4, 0.5) is 28.9 Å². The summed E-state index contributed by atoms with van der Waals surface area (Å²) in [6.07, 6.45) is 18.8. The number of aryl methyl sites for hydroxylation is 4. The SMILES string of the molecule is CC1(C)OB(c2ccccc2)OC1(C)C.Cc1cc(F)c(-c2ccc3ncc(-c4nnco4)c(NCCCn4ccnc4)c3c2)c(F)c1.Cc1cc(F)c(B(O)O)c(F)c1.c1ccc(-c2ccc3ncc(-c4nnco4)c(NCCCn4ccnc4)c3c2)cc1. The van der Waals surface area contributed by atoms with E-state index in [1.807, 2.05) is 77.9 Å². The van der Waals surface area contributed by atoms with Gasteiger partial charge in [-0.1, -0.05) is 72.8 Å². The van der Waals surface area contributed by atoms with Crippen LogP contribution in [0.25, 0.3) is 67.0 Å². The van der Waals surface area contributed by atoms with Gasteiger partial charge in [-0.2, -0.15) is 0 Å². The Morgan fingerprint density at radius 1 is 0.556 bits per heavy atom. The monoisotopic (exact) mass is 1220 g/mol. The average Bonchev–Trinajstić information content (AvgIpc) is 1.21. The van der Waals surface area contributed by atoms with Gasteiger partial charge in [0.1, 0.15) is 23.3 Å². The summed E-state index contributed by atoms with van der Waals surface area (Å²) >= 11 is 0. The van der Waals surface area contributed by atoms with E-state index in [1.165, 1.54) is 31.8 Å². The summed E-state index contributed by atoms with van der Waals surface area (Å²) in [5, 5.41) is 41.5. The molecule has 12 aromatic rings. The van der Waals surface area contributed by atoms with Gasteiger partial charge < -0.3 is 48.0 Å². The predicted octanol–water partition coefficient (Wildman–Crippen LogP) is 11.8. The predicted molar refractivity (Wildman–Crippen MR) is 339 cm³/mol. The molecule has 4 N–H and O–H groups in total. The zero-order chi connectivity index (χ0) is 63.4. The number of pyridine rings is 2. The van der Waals surface area contributed by atoms with Crippen molar-refractivity contribution in [2.24, 2.45) is 0 Å². The number of aromatic nitrogens is 10. The van der Waals surface area contributed by atoms with Crippen LogP contribution >= 0.6 is 0 Å². The first-order valence-electron chi connectivity index (χ1n) is 28.9. The molecule has 90 heavy (non-hydrogen) atoms. The van der Waals surface area contributed by atoms with E-state index in [2.05, 4.69) is 107 Å². The number of imidazole rings is 2. The van der Waals surface area contributed by atoms with E-state index in [0.717, 1.165) is 83.4 Å². The van der Waals surface area contributed by atoms with E-state index in [9.17, 15) is 17.6 Å². The number of halogens is 4. The van der Waals surface area contributed by atoms with Crippen molar-refractivity contribution in [3.8, 4) is 45.2 Å². The van der Waals surface area contributed by atoms with Gasteiger partial charge in [0.2, 0.25) is 12.8 Å². The second-order valence-corrected chi connectivity index (χ2v) is 22.2. The van der Waals surface area contributed by atoms with Gasteiger partial charge >= 0.3 is 14.2 Å². The van der Waals surface area contributed by atoms with Crippen LogP contribution in [-0.2, 0) is 22.4 Å². The van der Waals surface area contributed by atoms with Crippen molar-refractivity contribution in [2.75, 3.05) is 23.7 Å². The summed E-state index contributed by atoms with van der Waals surface area (Å²) in [6, 6.07) is 36.6. The average molecular weight is 1220 g/mol. The molecule has 18 nitrogen and oxygen atoms in total. The van der Waals surface area contributed by atoms with E-state index in [-0.39, 0.29) is 23.9 Å². The van der Waals surface area contributed by atoms with Crippen LogP contribution in [0, 0.1) is 37.1 Å². The van der Waals surface area contributed by atoms with Gasteiger partial charge in [0, 0.05) is 74.1 Å². The molecule has 1 saturated heterocycles. The number of hydrogen-bond donors (Lipinski definition) is 4. The van der Waals surface area contributed by atoms with E-state index >= 15 is 0 Å². The molecule has 0 bridgehead atoms. The Morgan fingerprint density at radius 2 is 1.01 bits per heavy atom. The first-order chi connectivity index (χ1) is 43.4. The molecule has 0 atom stereocenters. The molecule has 0 unspecified atom stereocenters. The quantitative estimate of drug-likeness (QED) is 0.0401. The summed E-state index contributed by atoms with van der Waals surface area (Å²) < 4.78 is 81.7. The van der Waals surface area contributed by atoms with Crippen LogP contribution in [0.1, 0.15) is 51.7 Å². The molecule has 6 aromatic heterocycles. The normalized spacial score (nSPS) is 13.0. The number of anilines is 2. The van der Waals surface area contributed by atoms with Gasteiger partial charge in [-0.3, -0.25) is 9.97 Å². The van der Waals surface area contributed by atoms with Crippen molar-refractivity contribution in [1.82, 2.24) is 49.5 Å². The highest BCUT2D eigenvalue weighted by atomic mass is 19.1. The molecule has 1 fully saturated rings. The summed E-state index contributed by atoms with van der Waals surface area (Å²) in [5.41, 5.74) is 8.09. The zero-order valence-electron chi connectivity index (χ0n) is 50.2. The third kappa shape index (κ3) is 15.2. The maximum absolute atomic E-state index is 14.7. The van der Waals surface area contributed by atoms with Crippen LogP contribution in [0.5, 0.6) is 0 Å². The van der Waals surface area contributed by atoms with Crippen molar-refractivity contribution < 1.29 is 45.8 Å². The molecule has 0 radical (unpaired) electrons. The number of nitrogens with zero attached hydrogens (tertiary/aromatic N) is 10. The smallest absolute Gasteiger partial charge is 0.423 e. The molecule has 0 amide bonds. The summed E-state index contributed by atoms with van der Waals surface area (Å²) in [5.74, 6) is -2.35. The Morgan fingerprint density at radius 3 is 1.46 bits per heavy atom. The minimum absolute atomic E-state index is 0.0725. The first kappa shape index (κ1) is 63.2. The Hall–Kier alpha value is -9.87. The molecule has 458 valence electrons. The van der Waals surface area contributed by atoms with Gasteiger partial charge in [-0.25, -0.2) is 27.5 Å². The second kappa shape index (κ2) is 28.5. The highest BCUT2D eigenvalue weighted by Gasteiger charge is 2.51. The molecule has 7 heterocycles. The van der Waals surface area contributed by atoms with Crippen LogP contribution in [0.15, 0.2) is 193 Å². The number of hydrogen-bond acceptors (Lipinski definition) is 16. The van der Waals surface area contributed by atoms with Crippen LogP contribution < -0.4 is 21.6 Å². The third-order valence-electron chi connectivity index (χ3n) is 15.2. The number of benzene rings is 6. The van der Waals surface area contributed by atoms with Crippen molar-refractivity contribution in [3.63, 3.8) is 0 Å². The molecule has 24 heteroatoms. The number of rotatable bonds is 16. The first-order valence-corrected chi connectivity index (χ1v) is 28.9. The summed E-state index contributed by atoms with van der Waals surface area (Å²) in [6.45, 7) is 14.5. The topological polar surface area (TPSA) is 222 Å². The summed E-state index contributed by atoms with van der Waals surface area (Å²) in [7, 11) is -2.35. The highest BCUT2D eigenvalue weighted by Crippen LogP contribution is 2.39. The van der Waals surface area contributed by atoms with Crippen molar-refractivity contribution in [2.45, 2.75) is 78.7 Å². The molecule has 0 saturated carbocycles. The lowest BCUT2D eigenvalue weighted by Gasteiger charge is -2.32. The summed E-state index contributed by atoms with van der Waals surface area (Å²) in [4.78, 5) is 17.3. The van der Waals surface area contributed by atoms with E-state index < -0.39 is 35.9 Å². The van der Waals surface area contributed by atoms with E-state index in [1.54, 1.807) is 56.2 Å². The fraction of sp³-hybridized carbons (Fsp3) is 0.212. The molecule has 13 rings (SSSR count). The number of nitrogens with one attached hydrogen (secondary N) is 2. The van der Waals surface area contributed by atoms with Crippen LogP contribution in [-0.4, -0.2) is 98.0 Å². The molecular weight excluding hydrogens is 1150 g/mol. The molecule has 1 aliphatic rings. The highest BCUT2D eigenvalue weighted by molar-refractivity contribution is 6.62.